The molecule has 2 aromatic carbocycles. The minimum absolute atomic E-state index is 0.0109. The van der Waals surface area contributed by atoms with Gasteiger partial charge in [-0.2, -0.15) is 0 Å². The van der Waals surface area contributed by atoms with Crippen molar-refractivity contribution in [3.8, 4) is 0 Å². The molecule has 3 rings (SSSR count). The van der Waals surface area contributed by atoms with Crippen molar-refractivity contribution < 1.29 is 9.59 Å². The van der Waals surface area contributed by atoms with Gasteiger partial charge >= 0.3 is 0 Å². The second-order valence-electron chi connectivity index (χ2n) is 6.14. The summed E-state index contributed by atoms with van der Waals surface area (Å²) in [5, 5.41) is 6.64. The molecule has 0 spiro atoms. The van der Waals surface area contributed by atoms with E-state index in [-0.39, 0.29) is 11.7 Å². The number of aryl methyl sites for hydroxylation is 1. The highest BCUT2D eigenvalue weighted by Crippen LogP contribution is 2.22. The third-order valence-electron chi connectivity index (χ3n) is 3.99. The summed E-state index contributed by atoms with van der Waals surface area (Å²) < 4.78 is 0. The van der Waals surface area contributed by atoms with E-state index < -0.39 is 0 Å². The van der Waals surface area contributed by atoms with E-state index in [1.807, 2.05) is 13.0 Å². The summed E-state index contributed by atoms with van der Waals surface area (Å²) in [5.74, 6) is -0.280. The van der Waals surface area contributed by atoms with E-state index >= 15 is 0 Å². The number of carbonyl (C=O) groups is 2. The highest BCUT2D eigenvalue weighted by Gasteiger charge is 2.10. The van der Waals surface area contributed by atoms with Crippen LogP contribution in [-0.4, -0.2) is 16.7 Å². The van der Waals surface area contributed by atoms with Crippen LogP contribution >= 0.6 is 11.6 Å². The fraction of sp³-hybridized carbons (Fsp3) is 0.0952. The molecule has 136 valence electrons. The first-order valence-electron chi connectivity index (χ1n) is 8.33. The van der Waals surface area contributed by atoms with Gasteiger partial charge < -0.3 is 10.6 Å². The number of anilines is 3. The number of amides is 1. The maximum Gasteiger partial charge on any atom is 0.257 e. The molecule has 0 bridgehead atoms. The topological polar surface area (TPSA) is 71.1 Å². The van der Waals surface area contributed by atoms with Gasteiger partial charge in [0, 0.05) is 28.2 Å². The predicted molar refractivity (Wildman–Crippen MR) is 108 cm³/mol. The Labute approximate surface area is 162 Å². The van der Waals surface area contributed by atoms with Gasteiger partial charge in [-0.3, -0.25) is 14.6 Å². The Hall–Kier alpha value is -3.18. The number of benzene rings is 2. The van der Waals surface area contributed by atoms with Gasteiger partial charge in [0.1, 0.15) is 0 Å². The van der Waals surface area contributed by atoms with Crippen molar-refractivity contribution in [2.75, 3.05) is 10.6 Å². The lowest BCUT2D eigenvalue weighted by Gasteiger charge is -2.11. The van der Waals surface area contributed by atoms with Crippen LogP contribution in [0, 0.1) is 6.92 Å². The monoisotopic (exact) mass is 379 g/mol. The van der Waals surface area contributed by atoms with E-state index in [1.165, 1.54) is 13.1 Å². The fourth-order valence-corrected chi connectivity index (χ4v) is 2.80. The molecule has 0 saturated carbocycles. The lowest BCUT2D eigenvalue weighted by Crippen LogP contribution is -2.13. The van der Waals surface area contributed by atoms with Crippen LogP contribution in [0.5, 0.6) is 0 Å². The van der Waals surface area contributed by atoms with Crippen LogP contribution in [0.2, 0.25) is 5.02 Å². The molecule has 6 heteroatoms. The number of nitrogens with one attached hydrogen (secondary N) is 2. The second kappa shape index (κ2) is 8.01. The molecule has 0 aliphatic rings. The molecule has 2 N–H and O–H groups in total. The Morgan fingerprint density at radius 3 is 2.48 bits per heavy atom. The Morgan fingerprint density at radius 2 is 1.74 bits per heavy atom. The number of Topliss-reactive ketones (excluding diaryl/α,β-unsaturated/α-hetero) is 1. The summed E-state index contributed by atoms with van der Waals surface area (Å²) in [5.41, 5.74) is 3.99. The summed E-state index contributed by atoms with van der Waals surface area (Å²) in [4.78, 5) is 28.2. The van der Waals surface area contributed by atoms with Crippen LogP contribution in [0.3, 0.4) is 0 Å². The molecule has 3 aromatic rings. The fourth-order valence-electron chi connectivity index (χ4n) is 2.58. The number of nitrogens with zero attached hydrogens (tertiary/aromatic N) is 1. The summed E-state index contributed by atoms with van der Waals surface area (Å²) in [6.07, 6.45) is 3.11. The molecule has 0 aliphatic carbocycles. The van der Waals surface area contributed by atoms with E-state index in [1.54, 1.807) is 48.7 Å². The van der Waals surface area contributed by atoms with E-state index in [0.29, 0.717) is 27.5 Å². The largest absolute Gasteiger partial charge is 0.354 e. The minimum atomic E-state index is -0.269. The SMILES string of the molecule is CC(=O)c1cccc(Nc2cncc(C(=O)Nc3ccc(Cl)cc3C)c2)c1. The van der Waals surface area contributed by atoms with Crippen molar-refractivity contribution in [2.24, 2.45) is 0 Å². The molecule has 0 fully saturated rings. The van der Waals surface area contributed by atoms with Gasteiger partial charge in [-0.15, -0.1) is 0 Å². The van der Waals surface area contributed by atoms with Crippen LogP contribution in [0.4, 0.5) is 17.1 Å². The quantitative estimate of drug-likeness (QED) is 0.594. The first-order valence-corrected chi connectivity index (χ1v) is 8.71. The average molecular weight is 380 g/mol. The van der Waals surface area contributed by atoms with Crippen molar-refractivity contribution in [3.63, 3.8) is 0 Å². The normalized spacial score (nSPS) is 10.3. The van der Waals surface area contributed by atoms with E-state index in [4.69, 9.17) is 11.6 Å². The van der Waals surface area contributed by atoms with Crippen LogP contribution in [0.15, 0.2) is 60.9 Å². The molecule has 0 aliphatic heterocycles. The minimum Gasteiger partial charge on any atom is -0.354 e. The lowest BCUT2D eigenvalue weighted by molar-refractivity contribution is 0.101. The maximum atomic E-state index is 12.5. The Morgan fingerprint density at radius 1 is 0.963 bits per heavy atom. The highest BCUT2D eigenvalue weighted by molar-refractivity contribution is 6.30. The van der Waals surface area contributed by atoms with Gasteiger partial charge in [0.25, 0.3) is 5.91 Å². The van der Waals surface area contributed by atoms with Gasteiger partial charge in [-0.25, -0.2) is 0 Å². The van der Waals surface area contributed by atoms with E-state index in [0.717, 1.165) is 11.3 Å². The number of pyridine rings is 1. The molecule has 0 atom stereocenters. The Kier molecular flexibility index (Phi) is 5.52. The number of aromatic nitrogens is 1. The van der Waals surface area contributed by atoms with Gasteiger partial charge in [-0.05, 0) is 55.8 Å². The van der Waals surface area contributed by atoms with Crippen LogP contribution in [-0.2, 0) is 0 Å². The third-order valence-corrected chi connectivity index (χ3v) is 4.23. The number of carbonyl (C=O) groups excluding carboxylic acids is 2. The van der Waals surface area contributed by atoms with Gasteiger partial charge in [-0.1, -0.05) is 23.7 Å². The summed E-state index contributed by atoms with van der Waals surface area (Å²) in [7, 11) is 0. The zero-order chi connectivity index (χ0) is 19.4. The van der Waals surface area contributed by atoms with Crippen molar-refractivity contribution >= 4 is 40.4 Å². The predicted octanol–water partition coefficient (Wildman–Crippen LogP) is 5.24. The van der Waals surface area contributed by atoms with Gasteiger partial charge in [0.05, 0.1) is 17.4 Å². The van der Waals surface area contributed by atoms with Crippen molar-refractivity contribution in [2.45, 2.75) is 13.8 Å². The summed E-state index contributed by atoms with van der Waals surface area (Å²) in [6.45, 7) is 3.39. The van der Waals surface area contributed by atoms with Crippen molar-refractivity contribution in [3.05, 3.63) is 82.6 Å². The molecule has 0 radical (unpaired) electrons. The smallest absolute Gasteiger partial charge is 0.257 e. The zero-order valence-electron chi connectivity index (χ0n) is 14.9. The van der Waals surface area contributed by atoms with Crippen molar-refractivity contribution in [1.82, 2.24) is 4.98 Å². The van der Waals surface area contributed by atoms with Crippen LogP contribution < -0.4 is 10.6 Å². The number of halogens is 1. The number of hydrogen-bond acceptors (Lipinski definition) is 4. The van der Waals surface area contributed by atoms with Crippen LogP contribution in [0.25, 0.3) is 0 Å². The Balaban J connectivity index is 1.77. The summed E-state index contributed by atoms with van der Waals surface area (Å²) >= 11 is 5.95. The van der Waals surface area contributed by atoms with Crippen LogP contribution in [0.1, 0.15) is 33.2 Å². The molecule has 0 unspecified atom stereocenters. The van der Waals surface area contributed by atoms with E-state index in [9.17, 15) is 9.59 Å². The average Bonchev–Trinajstić information content (AvgIpc) is 2.64. The van der Waals surface area contributed by atoms with Gasteiger partial charge in [0.15, 0.2) is 5.78 Å². The van der Waals surface area contributed by atoms with Crippen molar-refractivity contribution in [1.29, 1.82) is 0 Å². The lowest BCUT2D eigenvalue weighted by atomic mass is 10.1. The molecule has 0 saturated heterocycles. The summed E-state index contributed by atoms with van der Waals surface area (Å²) in [6, 6.07) is 14.1. The molecule has 27 heavy (non-hydrogen) atoms. The third kappa shape index (κ3) is 4.71. The number of rotatable bonds is 5. The highest BCUT2D eigenvalue weighted by atomic mass is 35.5. The number of hydrogen-bond donors (Lipinski definition) is 2. The molecule has 5 nitrogen and oxygen atoms in total. The number of ketones is 1. The second-order valence-corrected chi connectivity index (χ2v) is 6.57. The first-order chi connectivity index (χ1) is 12.9. The first kappa shape index (κ1) is 18.6. The zero-order valence-corrected chi connectivity index (χ0v) is 15.7. The molecular weight excluding hydrogens is 362 g/mol. The molecule has 1 aromatic heterocycles. The molecular formula is C21H18ClN3O2. The van der Waals surface area contributed by atoms with Gasteiger partial charge in [0.2, 0.25) is 0 Å². The maximum absolute atomic E-state index is 12.5. The molecule has 1 amide bonds. The van der Waals surface area contributed by atoms with E-state index in [2.05, 4.69) is 15.6 Å². The Bertz CT molecular complexity index is 1020. The molecule has 1 heterocycles. The standard InChI is InChI=1S/C21H18ClN3O2/c1-13-8-17(22)6-7-20(13)25-21(27)16-10-19(12-23-11-16)24-18-5-3-4-15(9-18)14(2)26/h3-12,24H,1-2H3,(H,25,27).